The number of nitrogens with two attached hydrogens (primary N) is 1. The molecule has 0 fully saturated rings. The molecule has 1 aromatic heterocycles. The molecule has 2 amide bonds. The molecule has 0 radical (unpaired) electrons. The lowest BCUT2D eigenvalue weighted by Crippen LogP contribution is -2.43. The summed E-state index contributed by atoms with van der Waals surface area (Å²) in [6.07, 6.45) is 0. The number of carbonyl (C=O) groups is 2. The highest BCUT2D eigenvalue weighted by molar-refractivity contribution is 6.29. The Hall–Kier alpha value is -1.86. The third-order valence-electron chi connectivity index (χ3n) is 2.19. The molecule has 1 unspecified atom stereocenters. The first kappa shape index (κ1) is 14.2. The maximum absolute atomic E-state index is 11.8. The number of amides is 2. The average Bonchev–Trinajstić information content (AvgIpc) is 2.36. The van der Waals surface area contributed by atoms with Crippen molar-refractivity contribution in [2.75, 3.05) is 12.5 Å². The van der Waals surface area contributed by atoms with Crippen LogP contribution in [0.2, 0.25) is 5.15 Å². The summed E-state index contributed by atoms with van der Waals surface area (Å²) in [5.74, 6) is 4.73. The molecular formula is C10H14ClN5O2. The fourth-order valence-corrected chi connectivity index (χ4v) is 1.47. The summed E-state index contributed by atoms with van der Waals surface area (Å²) in [6, 6.07) is 2.16. The summed E-state index contributed by atoms with van der Waals surface area (Å²) in [5.41, 5.74) is 2.56. The van der Waals surface area contributed by atoms with Gasteiger partial charge >= 0.3 is 0 Å². The van der Waals surface area contributed by atoms with Crippen molar-refractivity contribution in [2.45, 2.75) is 13.0 Å². The zero-order valence-corrected chi connectivity index (χ0v) is 10.7. The van der Waals surface area contributed by atoms with E-state index in [9.17, 15) is 9.59 Å². The summed E-state index contributed by atoms with van der Waals surface area (Å²) >= 11 is 5.73. The number of nitrogen functional groups attached to an aromatic ring is 1. The Balaban J connectivity index is 2.84. The van der Waals surface area contributed by atoms with Gasteiger partial charge in [-0.25, -0.2) is 10.8 Å². The molecule has 8 heteroatoms. The highest BCUT2D eigenvalue weighted by atomic mass is 35.5. The Kier molecular flexibility index (Phi) is 4.87. The molecule has 0 saturated heterocycles. The number of anilines is 1. The molecule has 0 bridgehead atoms. The molecule has 1 atom stereocenters. The fraction of sp³-hybridized carbons (Fsp3) is 0.300. The van der Waals surface area contributed by atoms with Gasteiger partial charge < -0.3 is 16.1 Å². The molecule has 18 heavy (non-hydrogen) atoms. The summed E-state index contributed by atoms with van der Waals surface area (Å²) in [4.78, 5) is 27.0. The Morgan fingerprint density at radius 1 is 1.44 bits per heavy atom. The van der Waals surface area contributed by atoms with Crippen LogP contribution in [-0.2, 0) is 4.79 Å². The number of hydrazine groups is 1. The van der Waals surface area contributed by atoms with Gasteiger partial charge in [-0.1, -0.05) is 11.6 Å². The molecule has 1 rings (SSSR count). The van der Waals surface area contributed by atoms with Gasteiger partial charge in [-0.3, -0.25) is 9.59 Å². The predicted octanol–water partition coefficient (Wildman–Crippen LogP) is -0.115. The van der Waals surface area contributed by atoms with Crippen LogP contribution in [0, 0.1) is 0 Å². The topological polar surface area (TPSA) is 109 Å². The van der Waals surface area contributed by atoms with Crippen LogP contribution in [0.5, 0.6) is 0 Å². The van der Waals surface area contributed by atoms with Crippen LogP contribution in [0.15, 0.2) is 12.1 Å². The van der Waals surface area contributed by atoms with E-state index in [-0.39, 0.29) is 22.4 Å². The molecular weight excluding hydrogens is 258 g/mol. The summed E-state index contributed by atoms with van der Waals surface area (Å²) < 4.78 is 0. The number of nitrogens with zero attached hydrogens (tertiary/aromatic N) is 1. The van der Waals surface area contributed by atoms with E-state index >= 15 is 0 Å². The van der Waals surface area contributed by atoms with E-state index in [4.69, 9.17) is 17.4 Å². The van der Waals surface area contributed by atoms with Crippen molar-refractivity contribution < 1.29 is 9.59 Å². The molecule has 0 aromatic carbocycles. The first-order valence-electron chi connectivity index (χ1n) is 5.14. The van der Waals surface area contributed by atoms with E-state index in [0.29, 0.717) is 0 Å². The first-order chi connectivity index (χ1) is 8.47. The Bertz CT molecular complexity index is 466. The van der Waals surface area contributed by atoms with Crippen LogP contribution >= 0.6 is 11.6 Å². The monoisotopic (exact) mass is 271 g/mol. The molecule has 0 aliphatic carbocycles. The second-order valence-electron chi connectivity index (χ2n) is 3.52. The standard InChI is InChI=1S/C10H14ClN5O2/c1-5(9(17)13-2)14-10(18)6-3-7(11)15-8(4-6)16-12/h3-5H,12H2,1-2H3,(H,13,17)(H,14,18)(H,15,16). The van der Waals surface area contributed by atoms with Crippen molar-refractivity contribution in [1.29, 1.82) is 0 Å². The van der Waals surface area contributed by atoms with Gasteiger partial charge in [-0.2, -0.15) is 0 Å². The number of likely N-dealkylation sites (N-methyl/N-ethyl adjacent to an activating group) is 1. The Labute approximate surface area is 109 Å². The predicted molar refractivity (Wildman–Crippen MR) is 68.1 cm³/mol. The summed E-state index contributed by atoms with van der Waals surface area (Å²) in [5, 5.41) is 5.08. The quantitative estimate of drug-likeness (QED) is 0.347. The van der Waals surface area contributed by atoms with Gasteiger partial charge in [0.2, 0.25) is 5.91 Å². The van der Waals surface area contributed by atoms with E-state index in [0.717, 1.165) is 0 Å². The zero-order valence-electron chi connectivity index (χ0n) is 9.95. The van der Waals surface area contributed by atoms with Crippen molar-refractivity contribution in [3.63, 3.8) is 0 Å². The lowest BCUT2D eigenvalue weighted by molar-refractivity contribution is -0.122. The normalized spacial score (nSPS) is 11.6. The second-order valence-corrected chi connectivity index (χ2v) is 3.90. The third-order valence-corrected chi connectivity index (χ3v) is 2.39. The zero-order chi connectivity index (χ0) is 13.7. The van der Waals surface area contributed by atoms with E-state index < -0.39 is 11.9 Å². The Morgan fingerprint density at radius 2 is 2.11 bits per heavy atom. The molecule has 1 heterocycles. The number of pyridine rings is 1. The largest absolute Gasteiger partial charge is 0.357 e. The minimum absolute atomic E-state index is 0.128. The van der Waals surface area contributed by atoms with Crippen molar-refractivity contribution in [1.82, 2.24) is 15.6 Å². The molecule has 98 valence electrons. The summed E-state index contributed by atoms with van der Waals surface area (Å²) in [6.45, 7) is 1.57. The van der Waals surface area contributed by atoms with Crippen LogP contribution in [0.4, 0.5) is 5.82 Å². The molecule has 0 aliphatic rings. The molecule has 1 aromatic rings. The van der Waals surface area contributed by atoms with E-state index in [1.54, 1.807) is 6.92 Å². The number of rotatable bonds is 4. The van der Waals surface area contributed by atoms with Crippen LogP contribution in [0.1, 0.15) is 17.3 Å². The lowest BCUT2D eigenvalue weighted by atomic mass is 10.2. The molecule has 0 aliphatic heterocycles. The fourth-order valence-electron chi connectivity index (χ4n) is 1.26. The Morgan fingerprint density at radius 3 is 2.67 bits per heavy atom. The van der Waals surface area contributed by atoms with Crippen molar-refractivity contribution >= 4 is 29.2 Å². The number of hydrogen-bond acceptors (Lipinski definition) is 5. The van der Waals surface area contributed by atoms with E-state index in [1.165, 1.54) is 19.2 Å². The highest BCUT2D eigenvalue weighted by Gasteiger charge is 2.16. The smallest absolute Gasteiger partial charge is 0.252 e. The number of halogens is 1. The number of carbonyl (C=O) groups excluding carboxylic acids is 2. The second kappa shape index (κ2) is 6.18. The van der Waals surface area contributed by atoms with Crippen molar-refractivity contribution in [2.24, 2.45) is 5.84 Å². The summed E-state index contributed by atoms with van der Waals surface area (Å²) in [7, 11) is 1.49. The van der Waals surface area contributed by atoms with Gasteiger partial charge in [0.1, 0.15) is 17.0 Å². The van der Waals surface area contributed by atoms with Gasteiger partial charge in [0.05, 0.1) is 0 Å². The molecule has 0 saturated carbocycles. The molecule has 5 N–H and O–H groups in total. The third kappa shape index (κ3) is 3.57. The van der Waals surface area contributed by atoms with Crippen LogP contribution in [0.3, 0.4) is 0 Å². The molecule has 7 nitrogen and oxygen atoms in total. The van der Waals surface area contributed by atoms with Crippen LogP contribution in [0.25, 0.3) is 0 Å². The van der Waals surface area contributed by atoms with Crippen molar-refractivity contribution in [3.05, 3.63) is 22.8 Å². The number of nitrogens with one attached hydrogen (secondary N) is 3. The van der Waals surface area contributed by atoms with Gasteiger partial charge in [0.25, 0.3) is 5.91 Å². The highest BCUT2D eigenvalue weighted by Crippen LogP contribution is 2.13. The van der Waals surface area contributed by atoms with Gasteiger partial charge in [-0.15, -0.1) is 0 Å². The van der Waals surface area contributed by atoms with Crippen LogP contribution in [-0.4, -0.2) is 29.9 Å². The van der Waals surface area contributed by atoms with Crippen molar-refractivity contribution in [3.8, 4) is 0 Å². The lowest BCUT2D eigenvalue weighted by Gasteiger charge is -2.12. The minimum Gasteiger partial charge on any atom is -0.357 e. The number of hydrogen-bond donors (Lipinski definition) is 4. The van der Waals surface area contributed by atoms with Crippen LogP contribution < -0.4 is 21.9 Å². The number of aromatic nitrogens is 1. The van der Waals surface area contributed by atoms with Gasteiger partial charge in [0, 0.05) is 12.6 Å². The molecule has 0 spiro atoms. The maximum Gasteiger partial charge on any atom is 0.252 e. The van der Waals surface area contributed by atoms with E-state index in [2.05, 4.69) is 21.0 Å². The first-order valence-corrected chi connectivity index (χ1v) is 5.52. The van der Waals surface area contributed by atoms with E-state index in [1.807, 2.05) is 0 Å². The minimum atomic E-state index is -0.649. The SMILES string of the molecule is CNC(=O)C(C)NC(=O)c1cc(Cl)nc(NN)c1. The average molecular weight is 272 g/mol. The van der Waals surface area contributed by atoms with Gasteiger partial charge in [-0.05, 0) is 19.1 Å². The maximum atomic E-state index is 11.8. The van der Waals surface area contributed by atoms with Gasteiger partial charge in [0.15, 0.2) is 0 Å².